The number of aromatic nitrogens is 2. The number of nitriles is 1. The Morgan fingerprint density at radius 3 is 2.49 bits per heavy atom. The number of halogens is 2. The maximum absolute atomic E-state index is 14.2. The number of amides is 4. The van der Waals surface area contributed by atoms with Crippen LogP contribution in [-0.4, -0.2) is 57.2 Å². The van der Waals surface area contributed by atoms with Crippen molar-refractivity contribution in [2.75, 3.05) is 18.0 Å². The Hall–Kier alpha value is -4.40. The quantitative estimate of drug-likeness (QED) is 0.411. The van der Waals surface area contributed by atoms with E-state index in [4.69, 9.17) is 28.9 Å². The number of hydrogen-bond acceptors (Lipinski definition) is 6. The lowest BCUT2D eigenvalue weighted by molar-refractivity contribution is -0.136. The minimum atomic E-state index is -1.32. The summed E-state index contributed by atoms with van der Waals surface area (Å²) in [5, 5.41) is 12.6. The van der Waals surface area contributed by atoms with Crippen molar-refractivity contribution in [2.45, 2.75) is 44.7 Å². The summed E-state index contributed by atoms with van der Waals surface area (Å²) in [6, 6.07) is 12.7. The van der Waals surface area contributed by atoms with Gasteiger partial charge in [0.15, 0.2) is 0 Å². The van der Waals surface area contributed by atoms with Crippen LogP contribution in [0.15, 0.2) is 48.7 Å². The van der Waals surface area contributed by atoms with E-state index in [1.54, 1.807) is 60.9 Å². The van der Waals surface area contributed by atoms with Gasteiger partial charge in [-0.15, -0.1) is 0 Å². The topological polar surface area (TPSA) is 154 Å². The van der Waals surface area contributed by atoms with Gasteiger partial charge < -0.3 is 16.0 Å². The molecule has 11 nitrogen and oxygen atoms in total. The predicted octanol–water partition coefficient (Wildman–Crippen LogP) is 3.54. The number of likely N-dealkylation sites (tertiary alicyclic amines) is 1. The van der Waals surface area contributed by atoms with E-state index in [0.29, 0.717) is 40.7 Å². The molecule has 1 fully saturated rings. The van der Waals surface area contributed by atoms with Crippen LogP contribution in [0.5, 0.6) is 0 Å². The molecule has 4 amide bonds. The van der Waals surface area contributed by atoms with Crippen molar-refractivity contribution in [1.82, 2.24) is 19.8 Å². The number of piperidine rings is 1. The third-order valence-electron chi connectivity index (χ3n) is 7.92. The summed E-state index contributed by atoms with van der Waals surface area (Å²) >= 11 is 12.5. The molecule has 2 aliphatic rings. The third-order valence-corrected chi connectivity index (χ3v) is 8.36. The van der Waals surface area contributed by atoms with Crippen molar-refractivity contribution in [3.05, 3.63) is 75.5 Å². The third kappa shape index (κ3) is 5.68. The molecular weight excluding hydrogens is 593 g/mol. The minimum absolute atomic E-state index is 0.0726. The number of benzene rings is 2. The number of rotatable bonds is 7. The van der Waals surface area contributed by atoms with E-state index in [0.717, 1.165) is 5.56 Å². The van der Waals surface area contributed by atoms with E-state index in [9.17, 15) is 24.4 Å². The van der Waals surface area contributed by atoms with Crippen LogP contribution in [0.1, 0.15) is 48.3 Å². The second kappa shape index (κ2) is 11.7. The van der Waals surface area contributed by atoms with Gasteiger partial charge in [0, 0.05) is 29.6 Å². The zero-order valence-electron chi connectivity index (χ0n) is 23.5. The molecule has 0 bridgehead atoms. The first-order chi connectivity index (χ1) is 20.4. The molecule has 3 heterocycles. The second-order valence-electron chi connectivity index (χ2n) is 11.0. The molecule has 2 aliphatic heterocycles. The van der Waals surface area contributed by atoms with Gasteiger partial charge in [0.05, 0.1) is 29.4 Å². The monoisotopic (exact) mass is 621 g/mol. The first-order valence-electron chi connectivity index (χ1n) is 13.7. The van der Waals surface area contributed by atoms with Crippen LogP contribution >= 0.6 is 23.2 Å². The number of hydrogen-bond donors (Lipinski definition) is 2. The van der Waals surface area contributed by atoms with Crippen LogP contribution in [0.4, 0.5) is 11.6 Å². The lowest BCUT2D eigenvalue weighted by atomic mass is 9.91. The number of nitrogens with two attached hydrogens (primary N) is 1. The van der Waals surface area contributed by atoms with Gasteiger partial charge in [-0.3, -0.25) is 23.7 Å². The fourth-order valence-corrected chi connectivity index (χ4v) is 6.25. The van der Waals surface area contributed by atoms with Gasteiger partial charge in [0.25, 0.3) is 11.8 Å². The van der Waals surface area contributed by atoms with Crippen LogP contribution in [0.25, 0.3) is 0 Å². The van der Waals surface area contributed by atoms with Crippen molar-refractivity contribution < 1.29 is 19.2 Å². The minimum Gasteiger partial charge on any atom is -0.369 e. The Morgan fingerprint density at radius 1 is 1.19 bits per heavy atom. The molecule has 0 unspecified atom stereocenters. The van der Waals surface area contributed by atoms with E-state index >= 15 is 0 Å². The number of nitrogens with one attached hydrogen (secondary N) is 1. The van der Waals surface area contributed by atoms with Gasteiger partial charge in [-0.25, -0.2) is 9.88 Å². The van der Waals surface area contributed by atoms with Gasteiger partial charge in [-0.1, -0.05) is 35.3 Å². The highest BCUT2D eigenvalue weighted by Gasteiger charge is 2.51. The molecule has 3 N–H and O–H groups in total. The van der Waals surface area contributed by atoms with Crippen molar-refractivity contribution in [2.24, 2.45) is 11.7 Å². The Bertz CT molecular complexity index is 1650. The molecule has 0 aliphatic carbocycles. The van der Waals surface area contributed by atoms with E-state index in [-0.39, 0.29) is 36.4 Å². The summed E-state index contributed by atoms with van der Waals surface area (Å²) in [5.74, 6) is -2.02. The van der Waals surface area contributed by atoms with Crippen molar-refractivity contribution in [3.8, 4) is 6.07 Å². The highest BCUT2D eigenvalue weighted by Crippen LogP contribution is 2.43. The SMILES string of the molecule is C[C@H](NC(=O)c1cnc2n1[C@](C)(Cc1ccc(C#N)cc1)C(=O)N2c1cc(Cl)cc(Cl)c1)C(=O)N1CCC[C@@H](C(N)=O)C1. The maximum Gasteiger partial charge on any atom is 0.270 e. The first-order valence-corrected chi connectivity index (χ1v) is 14.5. The largest absolute Gasteiger partial charge is 0.369 e. The molecule has 2 aromatic carbocycles. The smallest absolute Gasteiger partial charge is 0.270 e. The van der Waals surface area contributed by atoms with Gasteiger partial charge in [-0.05, 0) is 62.6 Å². The number of primary amides is 1. The van der Waals surface area contributed by atoms with Crippen LogP contribution in [0.3, 0.4) is 0 Å². The van der Waals surface area contributed by atoms with Crippen molar-refractivity contribution in [1.29, 1.82) is 5.26 Å². The number of carbonyl (C=O) groups excluding carboxylic acids is 4. The molecule has 5 rings (SSSR count). The molecule has 3 aromatic rings. The molecule has 0 spiro atoms. The summed E-state index contributed by atoms with van der Waals surface area (Å²) in [6.45, 7) is 3.93. The zero-order valence-corrected chi connectivity index (χ0v) is 25.0. The summed E-state index contributed by atoms with van der Waals surface area (Å²) in [5.41, 5.74) is 5.81. The molecule has 1 aromatic heterocycles. The lowest BCUT2D eigenvalue weighted by Gasteiger charge is -2.33. The number of nitrogens with zero attached hydrogens (tertiary/aromatic N) is 5. The standard InChI is InChI=1S/C30H29Cl2N7O4/c1-17(27(42)37-9-3-4-20(16-37)25(34)40)36-26(41)24-15-35-29-38(23-11-21(31)10-22(32)12-23)28(43)30(2,39(24)29)13-18-5-7-19(14-33)8-6-18/h5-8,10-12,15,17,20H,3-4,9,13,16H2,1-2H3,(H2,34,40)(H,36,41)/t17-,20+,30+/m0/s1. The molecule has 222 valence electrons. The van der Waals surface area contributed by atoms with Crippen molar-refractivity contribution in [3.63, 3.8) is 0 Å². The first kappa shape index (κ1) is 30.1. The van der Waals surface area contributed by atoms with Gasteiger partial charge in [-0.2, -0.15) is 5.26 Å². The Morgan fingerprint density at radius 2 is 1.86 bits per heavy atom. The van der Waals surface area contributed by atoms with Crippen LogP contribution in [0, 0.1) is 17.2 Å². The Balaban J connectivity index is 1.49. The Kier molecular flexibility index (Phi) is 8.18. The van der Waals surface area contributed by atoms with Gasteiger partial charge >= 0.3 is 0 Å². The molecule has 0 saturated carbocycles. The average Bonchev–Trinajstić information content (AvgIpc) is 3.50. The fraction of sp³-hybridized carbons (Fsp3) is 0.333. The highest BCUT2D eigenvalue weighted by atomic mass is 35.5. The second-order valence-corrected chi connectivity index (χ2v) is 11.9. The van der Waals surface area contributed by atoms with E-state index in [1.165, 1.54) is 16.0 Å². The average molecular weight is 623 g/mol. The van der Waals surface area contributed by atoms with E-state index < -0.39 is 29.3 Å². The highest BCUT2D eigenvalue weighted by molar-refractivity contribution is 6.35. The van der Waals surface area contributed by atoms with E-state index in [2.05, 4.69) is 16.4 Å². The van der Waals surface area contributed by atoms with Crippen molar-refractivity contribution >= 4 is 58.5 Å². The normalized spacial score (nSPS) is 20.3. The summed E-state index contributed by atoms with van der Waals surface area (Å²) in [7, 11) is 0. The lowest BCUT2D eigenvalue weighted by Crippen LogP contribution is -2.52. The van der Waals surface area contributed by atoms with Gasteiger partial charge in [0.1, 0.15) is 17.3 Å². The molecule has 13 heteroatoms. The molecule has 1 saturated heterocycles. The molecule has 3 atom stereocenters. The van der Waals surface area contributed by atoms with Gasteiger partial charge in [0.2, 0.25) is 17.8 Å². The number of fused-ring (bicyclic) bond motifs is 1. The van der Waals surface area contributed by atoms with Crippen LogP contribution < -0.4 is 16.0 Å². The number of imidazole rings is 1. The zero-order chi connectivity index (χ0) is 31.1. The summed E-state index contributed by atoms with van der Waals surface area (Å²) in [4.78, 5) is 60.1. The molecule has 0 radical (unpaired) electrons. The summed E-state index contributed by atoms with van der Waals surface area (Å²) in [6.07, 6.45) is 2.77. The predicted molar refractivity (Wildman–Crippen MR) is 160 cm³/mol. The molecular formula is C30H29Cl2N7O4. The van der Waals surface area contributed by atoms with Crippen LogP contribution in [0.2, 0.25) is 10.0 Å². The maximum atomic E-state index is 14.2. The number of anilines is 2. The number of carbonyl (C=O) groups is 4. The molecule has 43 heavy (non-hydrogen) atoms. The summed E-state index contributed by atoms with van der Waals surface area (Å²) < 4.78 is 1.55. The van der Waals surface area contributed by atoms with Crippen LogP contribution in [-0.2, 0) is 26.3 Å². The Labute approximate surface area is 258 Å². The fourth-order valence-electron chi connectivity index (χ4n) is 5.74. The van der Waals surface area contributed by atoms with E-state index in [1.807, 2.05) is 0 Å².